The molecule has 1 amide bonds. The number of hydrogen-bond donors (Lipinski definition) is 1. The van der Waals surface area contributed by atoms with E-state index in [4.69, 9.17) is 27.9 Å². The van der Waals surface area contributed by atoms with Gasteiger partial charge in [0.2, 0.25) is 0 Å². The molecule has 0 saturated carbocycles. The molecule has 0 aliphatic carbocycles. The van der Waals surface area contributed by atoms with Gasteiger partial charge in [0, 0.05) is 19.3 Å². The van der Waals surface area contributed by atoms with Crippen LogP contribution in [-0.4, -0.2) is 30.6 Å². The number of rotatable bonds is 7. The molecule has 0 aromatic carbocycles. The second-order valence-electron chi connectivity index (χ2n) is 3.71. The first-order chi connectivity index (χ1) is 8.65. The normalized spacial score (nSPS) is 10.4. The zero-order valence-corrected chi connectivity index (χ0v) is 11.7. The van der Waals surface area contributed by atoms with E-state index in [9.17, 15) is 4.79 Å². The van der Waals surface area contributed by atoms with Crippen molar-refractivity contribution in [3.63, 3.8) is 0 Å². The van der Waals surface area contributed by atoms with Gasteiger partial charge in [0.15, 0.2) is 0 Å². The molecule has 0 saturated heterocycles. The Bertz CT molecular complexity index is 400. The highest BCUT2D eigenvalue weighted by molar-refractivity contribution is 6.35. The molecule has 0 radical (unpaired) electrons. The molecule has 1 heterocycles. The third-order valence-electron chi connectivity index (χ3n) is 2.24. The highest BCUT2D eigenvalue weighted by Crippen LogP contribution is 2.17. The van der Waals surface area contributed by atoms with Crippen LogP contribution in [0.4, 0.5) is 0 Å². The summed E-state index contributed by atoms with van der Waals surface area (Å²) >= 11 is 11.6. The number of hydrogen-bond acceptors (Lipinski definition) is 3. The second kappa shape index (κ2) is 8.29. The van der Waals surface area contributed by atoms with Crippen molar-refractivity contribution in [2.24, 2.45) is 0 Å². The van der Waals surface area contributed by atoms with Gasteiger partial charge in [-0.2, -0.15) is 0 Å². The van der Waals surface area contributed by atoms with Crippen LogP contribution >= 0.6 is 23.2 Å². The van der Waals surface area contributed by atoms with Crippen LogP contribution in [0.15, 0.2) is 12.3 Å². The largest absolute Gasteiger partial charge is 0.380 e. The molecular weight excluding hydrogens is 275 g/mol. The van der Waals surface area contributed by atoms with E-state index in [0.29, 0.717) is 25.3 Å². The lowest BCUT2D eigenvalue weighted by molar-refractivity contribution is 0.0913. The van der Waals surface area contributed by atoms with Gasteiger partial charge in [-0.3, -0.25) is 4.79 Å². The maximum Gasteiger partial charge on any atom is 0.253 e. The van der Waals surface area contributed by atoms with E-state index in [1.165, 1.54) is 12.3 Å². The molecular formula is C12H16Cl2N2O2. The summed E-state index contributed by atoms with van der Waals surface area (Å²) < 4.78 is 5.33. The van der Waals surface area contributed by atoms with Crippen molar-refractivity contribution in [3.05, 3.63) is 28.0 Å². The topological polar surface area (TPSA) is 51.2 Å². The van der Waals surface area contributed by atoms with Crippen LogP contribution in [-0.2, 0) is 4.74 Å². The maximum absolute atomic E-state index is 11.8. The lowest BCUT2D eigenvalue weighted by atomic mass is 10.2. The van der Waals surface area contributed by atoms with Crippen LogP contribution in [0.2, 0.25) is 10.2 Å². The summed E-state index contributed by atoms with van der Waals surface area (Å²) in [6, 6.07) is 1.44. The van der Waals surface area contributed by atoms with Gasteiger partial charge in [0.1, 0.15) is 5.15 Å². The summed E-state index contributed by atoms with van der Waals surface area (Å²) in [6.07, 6.45) is 3.48. The van der Waals surface area contributed by atoms with Crippen molar-refractivity contribution in [1.29, 1.82) is 0 Å². The second-order valence-corrected chi connectivity index (χ2v) is 4.50. The summed E-state index contributed by atoms with van der Waals surface area (Å²) in [5, 5.41) is 3.23. The van der Waals surface area contributed by atoms with Gasteiger partial charge in [-0.05, 0) is 12.5 Å². The average Bonchev–Trinajstić information content (AvgIpc) is 2.36. The molecule has 0 spiro atoms. The van der Waals surface area contributed by atoms with Gasteiger partial charge in [0.05, 0.1) is 17.2 Å². The molecule has 0 bridgehead atoms. The number of carbonyl (C=O) groups excluding carboxylic acids is 1. The number of amides is 1. The van der Waals surface area contributed by atoms with Crippen molar-refractivity contribution in [2.75, 3.05) is 19.8 Å². The van der Waals surface area contributed by atoms with Crippen molar-refractivity contribution in [2.45, 2.75) is 19.8 Å². The average molecular weight is 291 g/mol. The van der Waals surface area contributed by atoms with Gasteiger partial charge >= 0.3 is 0 Å². The third-order valence-corrected chi connectivity index (χ3v) is 2.75. The van der Waals surface area contributed by atoms with Gasteiger partial charge in [-0.25, -0.2) is 4.98 Å². The van der Waals surface area contributed by atoms with Crippen molar-refractivity contribution < 1.29 is 9.53 Å². The smallest absolute Gasteiger partial charge is 0.253 e. The summed E-state index contributed by atoms with van der Waals surface area (Å²) in [7, 11) is 0. The molecule has 0 fully saturated rings. The number of nitrogens with one attached hydrogen (secondary N) is 1. The molecule has 0 unspecified atom stereocenters. The molecule has 1 aromatic rings. The Labute approximate surface area is 117 Å². The summed E-state index contributed by atoms with van der Waals surface area (Å²) in [5.74, 6) is -0.275. The minimum atomic E-state index is -0.275. The molecule has 0 aliphatic heterocycles. The van der Waals surface area contributed by atoms with Crippen LogP contribution in [0.3, 0.4) is 0 Å². The molecule has 100 valence electrons. The van der Waals surface area contributed by atoms with Crippen molar-refractivity contribution >= 4 is 29.1 Å². The first-order valence-electron chi connectivity index (χ1n) is 5.82. The highest BCUT2D eigenvalue weighted by atomic mass is 35.5. The van der Waals surface area contributed by atoms with E-state index >= 15 is 0 Å². The van der Waals surface area contributed by atoms with Crippen LogP contribution in [0.25, 0.3) is 0 Å². The molecule has 18 heavy (non-hydrogen) atoms. The highest BCUT2D eigenvalue weighted by Gasteiger charge is 2.10. The molecule has 4 nitrogen and oxygen atoms in total. The molecule has 1 rings (SSSR count). The lowest BCUT2D eigenvalue weighted by Gasteiger charge is -2.07. The predicted octanol–water partition coefficient (Wildman–Crippen LogP) is 2.93. The maximum atomic E-state index is 11.8. The van der Waals surface area contributed by atoms with Gasteiger partial charge in [-0.15, -0.1) is 0 Å². The summed E-state index contributed by atoms with van der Waals surface area (Å²) in [4.78, 5) is 15.5. The Morgan fingerprint density at radius 1 is 1.44 bits per heavy atom. The zero-order chi connectivity index (χ0) is 13.4. The summed E-state index contributed by atoms with van der Waals surface area (Å²) in [6.45, 7) is 3.75. The van der Waals surface area contributed by atoms with Gasteiger partial charge in [-0.1, -0.05) is 36.5 Å². The first-order valence-corrected chi connectivity index (χ1v) is 6.57. The summed E-state index contributed by atoms with van der Waals surface area (Å²) in [5.41, 5.74) is 0.324. The van der Waals surface area contributed by atoms with Crippen LogP contribution in [0.5, 0.6) is 0 Å². The fraction of sp³-hybridized carbons (Fsp3) is 0.500. The first kappa shape index (κ1) is 15.2. The fourth-order valence-corrected chi connectivity index (χ4v) is 1.61. The number of ether oxygens (including phenoxy) is 1. The molecule has 0 aliphatic rings. The number of carbonyl (C=O) groups is 1. The molecule has 1 aromatic heterocycles. The van der Waals surface area contributed by atoms with Crippen molar-refractivity contribution in [1.82, 2.24) is 10.3 Å². The van der Waals surface area contributed by atoms with E-state index in [1.54, 1.807) is 0 Å². The lowest BCUT2D eigenvalue weighted by Crippen LogP contribution is -2.27. The Kier molecular flexibility index (Phi) is 7.01. The Balaban J connectivity index is 2.34. The zero-order valence-electron chi connectivity index (χ0n) is 10.2. The SMILES string of the molecule is CCCCOCCNC(=O)c1cc(Cl)ncc1Cl. The van der Waals surface area contributed by atoms with E-state index in [-0.39, 0.29) is 16.1 Å². The number of pyridine rings is 1. The van der Waals surface area contributed by atoms with E-state index in [1.807, 2.05) is 0 Å². The number of nitrogens with zero attached hydrogens (tertiary/aromatic N) is 1. The van der Waals surface area contributed by atoms with E-state index in [0.717, 1.165) is 12.8 Å². The van der Waals surface area contributed by atoms with Crippen LogP contribution in [0.1, 0.15) is 30.1 Å². The number of unbranched alkanes of at least 4 members (excludes halogenated alkanes) is 1. The monoisotopic (exact) mass is 290 g/mol. The number of halogens is 2. The fourth-order valence-electron chi connectivity index (χ4n) is 1.27. The van der Waals surface area contributed by atoms with Gasteiger partial charge < -0.3 is 10.1 Å². The number of aromatic nitrogens is 1. The molecule has 0 atom stereocenters. The standard InChI is InChI=1S/C12H16Cl2N2O2/c1-2-3-5-18-6-4-15-12(17)9-7-11(14)16-8-10(9)13/h7-8H,2-6H2,1H3,(H,15,17). The Morgan fingerprint density at radius 2 is 2.22 bits per heavy atom. The minimum absolute atomic E-state index is 0.240. The minimum Gasteiger partial charge on any atom is -0.380 e. The van der Waals surface area contributed by atoms with Crippen LogP contribution in [0, 0.1) is 0 Å². The van der Waals surface area contributed by atoms with E-state index < -0.39 is 0 Å². The van der Waals surface area contributed by atoms with Crippen molar-refractivity contribution in [3.8, 4) is 0 Å². The molecule has 1 N–H and O–H groups in total. The Hall–Kier alpha value is -0.840. The van der Waals surface area contributed by atoms with E-state index in [2.05, 4.69) is 17.2 Å². The van der Waals surface area contributed by atoms with Gasteiger partial charge in [0.25, 0.3) is 5.91 Å². The quantitative estimate of drug-likeness (QED) is 0.620. The predicted molar refractivity (Wildman–Crippen MR) is 72.3 cm³/mol. The Morgan fingerprint density at radius 3 is 2.94 bits per heavy atom. The third kappa shape index (κ3) is 5.21. The van der Waals surface area contributed by atoms with Crippen LogP contribution < -0.4 is 5.32 Å². The molecule has 6 heteroatoms.